The molecule has 0 fully saturated rings. The van der Waals surface area contributed by atoms with Gasteiger partial charge in [0.1, 0.15) is 18.1 Å². The van der Waals surface area contributed by atoms with Crippen LogP contribution in [0.3, 0.4) is 0 Å². The lowest BCUT2D eigenvalue weighted by Gasteiger charge is -2.13. The zero-order valence-electron chi connectivity index (χ0n) is 14.8. The van der Waals surface area contributed by atoms with Crippen LogP contribution in [0.2, 0.25) is 5.02 Å². The average molecular weight is 371 g/mol. The predicted octanol–water partition coefficient (Wildman–Crippen LogP) is 5.08. The highest BCUT2D eigenvalue weighted by molar-refractivity contribution is 6.30. The van der Waals surface area contributed by atoms with Crippen LogP contribution in [0.15, 0.2) is 47.0 Å². The lowest BCUT2D eigenvalue weighted by Crippen LogP contribution is -2.14. The lowest BCUT2D eigenvalue weighted by molar-refractivity contribution is 0.102. The molecule has 1 amide bonds. The summed E-state index contributed by atoms with van der Waals surface area (Å²) in [5.41, 5.74) is 3.71. The maximum Gasteiger partial charge on any atom is 0.259 e. The molecule has 2 aromatic carbocycles. The Morgan fingerprint density at radius 2 is 1.96 bits per heavy atom. The van der Waals surface area contributed by atoms with E-state index in [1.807, 2.05) is 26.8 Å². The number of halogens is 1. The number of hydrogen-bond acceptors (Lipinski definition) is 4. The molecule has 26 heavy (non-hydrogen) atoms. The topological polar surface area (TPSA) is 64.4 Å². The monoisotopic (exact) mass is 370 g/mol. The highest BCUT2D eigenvalue weighted by Crippen LogP contribution is 2.24. The Balaban J connectivity index is 1.79. The van der Waals surface area contributed by atoms with Gasteiger partial charge in [-0.15, -0.1) is 0 Å². The van der Waals surface area contributed by atoms with Crippen molar-refractivity contribution in [3.05, 3.63) is 75.6 Å². The lowest BCUT2D eigenvalue weighted by atomic mass is 10.1. The highest BCUT2D eigenvalue weighted by atomic mass is 35.5. The Labute approximate surface area is 156 Å². The SMILES string of the molecule is Cc1cc(Cl)ccc1NC(=O)c1ccccc1OCc1c(C)noc1C. The van der Waals surface area contributed by atoms with Gasteiger partial charge < -0.3 is 14.6 Å². The summed E-state index contributed by atoms with van der Waals surface area (Å²) in [6.07, 6.45) is 0. The number of amides is 1. The number of aromatic nitrogens is 1. The maximum atomic E-state index is 12.7. The smallest absolute Gasteiger partial charge is 0.259 e. The molecule has 5 nitrogen and oxygen atoms in total. The van der Waals surface area contributed by atoms with Crippen molar-refractivity contribution in [1.29, 1.82) is 0 Å². The van der Waals surface area contributed by atoms with Gasteiger partial charge in [-0.25, -0.2) is 0 Å². The zero-order chi connectivity index (χ0) is 18.7. The van der Waals surface area contributed by atoms with Crippen molar-refractivity contribution in [2.45, 2.75) is 27.4 Å². The summed E-state index contributed by atoms with van der Waals surface area (Å²) in [6.45, 7) is 5.87. The number of nitrogens with one attached hydrogen (secondary N) is 1. The van der Waals surface area contributed by atoms with E-state index >= 15 is 0 Å². The van der Waals surface area contributed by atoms with E-state index < -0.39 is 0 Å². The Hall–Kier alpha value is -2.79. The molecule has 0 aliphatic heterocycles. The van der Waals surface area contributed by atoms with Crippen LogP contribution in [-0.4, -0.2) is 11.1 Å². The fourth-order valence-corrected chi connectivity index (χ4v) is 2.82. The van der Waals surface area contributed by atoms with E-state index in [9.17, 15) is 4.79 Å². The number of hydrogen-bond donors (Lipinski definition) is 1. The van der Waals surface area contributed by atoms with Crippen LogP contribution >= 0.6 is 11.6 Å². The van der Waals surface area contributed by atoms with Gasteiger partial charge in [-0.05, 0) is 56.7 Å². The standard InChI is InChI=1S/C20H19ClN2O3/c1-12-10-15(21)8-9-18(12)22-20(24)16-6-4-5-7-19(16)25-11-17-13(2)23-26-14(17)3/h4-10H,11H2,1-3H3,(H,22,24). The van der Waals surface area contributed by atoms with Crippen LogP contribution in [0, 0.1) is 20.8 Å². The number of ether oxygens (including phenoxy) is 1. The van der Waals surface area contributed by atoms with Crippen molar-refractivity contribution in [3.8, 4) is 5.75 Å². The quantitative estimate of drug-likeness (QED) is 0.679. The number of carbonyl (C=O) groups is 1. The summed E-state index contributed by atoms with van der Waals surface area (Å²) >= 11 is 5.97. The van der Waals surface area contributed by atoms with E-state index in [0.29, 0.717) is 27.8 Å². The van der Waals surface area contributed by atoms with Crippen LogP contribution in [0.5, 0.6) is 5.75 Å². The average Bonchev–Trinajstić information content (AvgIpc) is 2.94. The molecule has 0 unspecified atom stereocenters. The summed E-state index contributed by atoms with van der Waals surface area (Å²) in [4.78, 5) is 12.7. The molecule has 0 radical (unpaired) electrons. The molecule has 0 spiro atoms. The van der Waals surface area contributed by atoms with E-state index in [4.69, 9.17) is 20.9 Å². The number of rotatable bonds is 5. The normalized spacial score (nSPS) is 10.6. The minimum atomic E-state index is -0.246. The van der Waals surface area contributed by atoms with Crippen molar-refractivity contribution in [1.82, 2.24) is 5.16 Å². The number of benzene rings is 2. The Morgan fingerprint density at radius 3 is 2.65 bits per heavy atom. The fraction of sp³-hybridized carbons (Fsp3) is 0.200. The molecule has 6 heteroatoms. The zero-order valence-corrected chi connectivity index (χ0v) is 15.6. The molecular weight excluding hydrogens is 352 g/mol. The first kappa shape index (κ1) is 18.0. The van der Waals surface area contributed by atoms with E-state index in [2.05, 4.69) is 10.5 Å². The molecule has 3 rings (SSSR count). The summed E-state index contributed by atoms with van der Waals surface area (Å²) in [5.74, 6) is 0.961. The van der Waals surface area contributed by atoms with Crippen molar-refractivity contribution >= 4 is 23.2 Å². The van der Waals surface area contributed by atoms with E-state index in [1.165, 1.54) is 0 Å². The Kier molecular flexibility index (Phi) is 5.28. The molecule has 0 atom stereocenters. The van der Waals surface area contributed by atoms with Crippen molar-refractivity contribution in [3.63, 3.8) is 0 Å². The first-order chi connectivity index (χ1) is 12.5. The van der Waals surface area contributed by atoms with Gasteiger partial charge in [0.05, 0.1) is 16.8 Å². The molecule has 1 heterocycles. The van der Waals surface area contributed by atoms with Crippen LogP contribution in [-0.2, 0) is 6.61 Å². The minimum Gasteiger partial charge on any atom is -0.488 e. The first-order valence-corrected chi connectivity index (χ1v) is 8.54. The summed E-state index contributed by atoms with van der Waals surface area (Å²) < 4.78 is 11.0. The van der Waals surface area contributed by atoms with Crippen LogP contribution in [0.1, 0.15) is 32.9 Å². The Morgan fingerprint density at radius 1 is 1.19 bits per heavy atom. The molecule has 0 saturated heterocycles. The number of aryl methyl sites for hydroxylation is 3. The van der Waals surface area contributed by atoms with Crippen molar-refractivity contribution < 1.29 is 14.1 Å². The third-order valence-electron chi connectivity index (χ3n) is 4.12. The van der Waals surface area contributed by atoms with Crippen molar-refractivity contribution in [2.75, 3.05) is 5.32 Å². The third-order valence-corrected chi connectivity index (χ3v) is 4.36. The molecule has 1 N–H and O–H groups in total. The second-order valence-corrected chi connectivity index (χ2v) is 6.44. The van der Waals surface area contributed by atoms with E-state index in [1.54, 1.807) is 36.4 Å². The van der Waals surface area contributed by atoms with Gasteiger partial charge in [0.25, 0.3) is 5.91 Å². The molecular formula is C20H19ClN2O3. The predicted molar refractivity (Wildman–Crippen MR) is 101 cm³/mol. The van der Waals surface area contributed by atoms with Crippen LogP contribution in [0.4, 0.5) is 5.69 Å². The van der Waals surface area contributed by atoms with E-state index in [0.717, 1.165) is 16.8 Å². The van der Waals surface area contributed by atoms with Gasteiger partial charge >= 0.3 is 0 Å². The fourth-order valence-electron chi connectivity index (χ4n) is 2.59. The molecule has 0 saturated carbocycles. The largest absolute Gasteiger partial charge is 0.488 e. The second-order valence-electron chi connectivity index (χ2n) is 6.00. The molecule has 0 bridgehead atoms. The van der Waals surface area contributed by atoms with Gasteiger partial charge in [0.15, 0.2) is 0 Å². The van der Waals surface area contributed by atoms with Gasteiger partial charge in [-0.1, -0.05) is 28.9 Å². The number of nitrogens with zero attached hydrogens (tertiary/aromatic N) is 1. The summed E-state index contributed by atoms with van der Waals surface area (Å²) in [6, 6.07) is 12.4. The van der Waals surface area contributed by atoms with Gasteiger partial charge in [-0.2, -0.15) is 0 Å². The van der Waals surface area contributed by atoms with Crippen LogP contribution in [0.25, 0.3) is 0 Å². The van der Waals surface area contributed by atoms with Crippen molar-refractivity contribution in [2.24, 2.45) is 0 Å². The molecule has 0 aliphatic carbocycles. The number of para-hydroxylation sites is 1. The number of anilines is 1. The second kappa shape index (κ2) is 7.62. The molecule has 134 valence electrons. The molecule has 3 aromatic rings. The minimum absolute atomic E-state index is 0.246. The third kappa shape index (κ3) is 3.89. The molecule has 1 aromatic heterocycles. The van der Waals surface area contributed by atoms with Gasteiger partial charge in [-0.3, -0.25) is 4.79 Å². The van der Waals surface area contributed by atoms with Gasteiger partial charge in [0, 0.05) is 10.7 Å². The number of carbonyl (C=O) groups excluding carboxylic acids is 1. The first-order valence-electron chi connectivity index (χ1n) is 8.17. The Bertz CT molecular complexity index is 930. The van der Waals surface area contributed by atoms with E-state index in [-0.39, 0.29) is 12.5 Å². The highest BCUT2D eigenvalue weighted by Gasteiger charge is 2.15. The van der Waals surface area contributed by atoms with Gasteiger partial charge in [0.2, 0.25) is 0 Å². The maximum absolute atomic E-state index is 12.7. The summed E-state index contributed by atoms with van der Waals surface area (Å²) in [7, 11) is 0. The summed E-state index contributed by atoms with van der Waals surface area (Å²) in [5, 5.41) is 7.44. The van der Waals surface area contributed by atoms with Crippen LogP contribution < -0.4 is 10.1 Å². The molecule has 0 aliphatic rings.